The molecule has 2 bridgehead atoms. The molecular weight excluding hydrogens is 436 g/mol. The molecule has 3 heterocycles. The largest absolute Gasteiger partial charge is 0.326 e. The number of thioether (sulfide) groups is 1. The molecule has 0 unspecified atom stereocenters. The van der Waals surface area contributed by atoms with E-state index < -0.39 is 6.04 Å². The Bertz CT molecular complexity index is 1080. The van der Waals surface area contributed by atoms with Crippen molar-refractivity contribution in [1.82, 2.24) is 14.8 Å². The number of nitrogens with zero attached hydrogens (tertiary/aromatic N) is 2. The van der Waals surface area contributed by atoms with Crippen molar-refractivity contribution in [2.45, 2.75) is 45.2 Å². The Morgan fingerprint density at radius 3 is 2.61 bits per heavy atom. The molecule has 3 amide bonds. The van der Waals surface area contributed by atoms with Crippen LogP contribution in [-0.2, 0) is 11.3 Å². The number of amides is 3. The first-order chi connectivity index (χ1) is 15.8. The fourth-order valence-electron chi connectivity index (χ4n) is 5.08. The lowest BCUT2D eigenvalue weighted by Crippen LogP contribution is -2.55. The lowest BCUT2D eigenvalue weighted by atomic mass is 9.83. The van der Waals surface area contributed by atoms with Crippen molar-refractivity contribution in [3.05, 3.63) is 63.6 Å². The van der Waals surface area contributed by atoms with Crippen LogP contribution in [0.2, 0.25) is 0 Å². The number of aromatic nitrogens is 1. The summed E-state index contributed by atoms with van der Waals surface area (Å²) in [5.41, 5.74) is 3.93. The number of hydrogen-bond acceptors (Lipinski definition) is 4. The Morgan fingerprint density at radius 2 is 1.88 bits per heavy atom. The number of urea groups is 1. The number of anilines is 1. The molecule has 1 aromatic carbocycles. The smallest absolute Gasteiger partial charge is 0.318 e. The van der Waals surface area contributed by atoms with Crippen LogP contribution in [0.3, 0.4) is 0 Å². The summed E-state index contributed by atoms with van der Waals surface area (Å²) >= 11 is 1.65. The van der Waals surface area contributed by atoms with Gasteiger partial charge in [0.1, 0.15) is 6.04 Å². The summed E-state index contributed by atoms with van der Waals surface area (Å²) in [5.74, 6) is 0.963. The molecule has 3 atom stereocenters. The highest BCUT2D eigenvalue weighted by molar-refractivity contribution is 7.98. The Labute approximate surface area is 198 Å². The third-order valence-electron chi connectivity index (χ3n) is 6.48. The molecule has 33 heavy (non-hydrogen) atoms. The fraction of sp³-hybridized carbons (Fsp3) is 0.480. The van der Waals surface area contributed by atoms with Gasteiger partial charge in [0.2, 0.25) is 5.91 Å². The molecular formula is C25H32N4O3S. The molecule has 1 fully saturated rings. The van der Waals surface area contributed by atoms with Gasteiger partial charge in [0.25, 0.3) is 5.56 Å². The maximum Gasteiger partial charge on any atom is 0.318 e. The van der Waals surface area contributed by atoms with Crippen LogP contribution in [0.15, 0.2) is 41.2 Å². The molecule has 0 spiro atoms. The quantitative estimate of drug-likeness (QED) is 0.681. The molecule has 0 aliphatic carbocycles. The average molecular weight is 469 g/mol. The van der Waals surface area contributed by atoms with Gasteiger partial charge in [-0.2, -0.15) is 11.8 Å². The van der Waals surface area contributed by atoms with Crippen LogP contribution in [-0.4, -0.2) is 52.5 Å². The van der Waals surface area contributed by atoms with Crippen LogP contribution in [0.4, 0.5) is 10.5 Å². The van der Waals surface area contributed by atoms with E-state index in [-0.39, 0.29) is 29.3 Å². The Balaban J connectivity index is 1.45. The second-order valence-electron chi connectivity index (χ2n) is 9.25. The van der Waals surface area contributed by atoms with Crippen LogP contribution >= 0.6 is 11.8 Å². The molecule has 2 aliphatic heterocycles. The molecule has 8 heteroatoms. The van der Waals surface area contributed by atoms with E-state index in [1.807, 2.05) is 47.8 Å². The molecule has 2 N–H and O–H groups in total. The van der Waals surface area contributed by atoms with Crippen LogP contribution in [0.5, 0.6) is 0 Å². The van der Waals surface area contributed by atoms with Crippen molar-refractivity contribution < 1.29 is 9.59 Å². The Morgan fingerprint density at radius 1 is 1.12 bits per heavy atom. The standard InChI is InChI=1S/C25H32N4O3S/c1-16-9-17(2)11-20(10-16)26-24(31)21(7-8-33-3)27-25(32)28-13-18-12-19(15-28)22-5-4-6-23(30)29(22)14-18/h4-6,9-11,18-19,21H,7-8,12-15H2,1-3H3,(H,26,31)(H,27,32)/t18-,19+,21+/m1/s1. The second kappa shape index (κ2) is 10.0. The molecule has 4 rings (SSSR count). The van der Waals surface area contributed by atoms with Gasteiger partial charge in [-0.3, -0.25) is 9.59 Å². The van der Waals surface area contributed by atoms with E-state index in [4.69, 9.17) is 0 Å². The summed E-state index contributed by atoms with van der Waals surface area (Å²) in [5, 5.41) is 5.97. The minimum Gasteiger partial charge on any atom is -0.326 e. The van der Waals surface area contributed by atoms with Crippen LogP contribution < -0.4 is 16.2 Å². The van der Waals surface area contributed by atoms with Gasteiger partial charge >= 0.3 is 6.03 Å². The van der Waals surface area contributed by atoms with Crippen molar-refractivity contribution in [2.24, 2.45) is 5.92 Å². The van der Waals surface area contributed by atoms with Crippen molar-refractivity contribution in [3.8, 4) is 0 Å². The number of pyridine rings is 1. The van der Waals surface area contributed by atoms with Gasteiger partial charge in [-0.15, -0.1) is 0 Å². The number of aryl methyl sites for hydroxylation is 2. The van der Waals surface area contributed by atoms with Gasteiger partial charge in [0.05, 0.1) is 0 Å². The number of hydrogen-bond donors (Lipinski definition) is 2. The molecule has 2 aliphatic rings. The number of fused-ring (bicyclic) bond motifs is 4. The molecule has 1 aromatic heterocycles. The zero-order valence-electron chi connectivity index (χ0n) is 19.5. The summed E-state index contributed by atoms with van der Waals surface area (Å²) in [6.07, 6.45) is 3.53. The summed E-state index contributed by atoms with van der Waals surface area (Å²) in [7, 11) is 0. The van der Waals surface area contributed by atoms with Crippen molar-refractivity contribution >= 4 is 29.4 Å². The first-order valence-electron chi connectivity index (χ1n) is 11.5. The fourth-order valence-corrected chi connectivity index (χ4v) is 5.55. The van der Waals surface area contributed by atoms with Crippen LogP contribution in [0.25, 0.3) is 0 Å². The molecule has 1 saturated heterocycles. The van der Waals surface area contributed by atoms with Crippen molar-refractivity contribution in [1.29, 1.82) is 0 Å². The normalized spacial score (nSPS) is 20.0. The third kappa shape index (κ3) is 5.43. The number of nitrogens with one attached hydrogen (secondary N) is 2. The zero-order valence-corrected chi connectivity index (χ0v) is 20.3. The Hall–Kier alpha value is -2.74. The SMILES string of the molecule is CSCC[C@H](NC(=O)N1C[C@H]2C[C@@H](C1)c1cccc(=O)n1C2)C(=O)Nc1cc(C)cc(C)c1. The molecule has 0 radical (unpaired) electrons. The summed E-state index contributed by atoms with van der Waals surface area (Å²) in [4.78, 5) is 40.3. The van der Waals surface area contributed by atoms with Gasteiger partial charge in [0.15, 0.2) is 0 Å². The number of benzene rings is 1. The summed E-state index contributed by atoms with van der Waals surface area (Å²) in [6.45, 7) is 5.78. The van der Waals surface area contributed by atoms with Gasteiger partial charge < -0.3 is 20.1 Å². The number of carbonyl (C=O) groups is 2. The highest BCUT2D eigenvalue weighted by Crippen LogP contribution is 2.34. The molecule has 2 aromatic rings. The average Bonchev–Trinajstić information content (AvgIpc) is 2.76. The summed E-state index contributed by atoms with van der Waals surface area (Å²) < 4.78 is 1.85. The number of carbonyl (C=O) groups excluding carboxylic acids is 2. The monoisotopic (exact) mass is 468 g/mol. The highest BCUT2D eigenvalue weighted by Gasteiger charge is 2.37. The summed E-state index contributed by atoms with van der Waals surface area (Å²) in [6, 6.07) is 10.5. The number of likely N-dealkylation sites (tertiary alicyclic amines) is 1. The maximum absolute atomic E-state index is 13.2. The van der Waals surface area contributed by atoms with E-state index in [2.05, 4.69) is 16.7 Å². The predicted molar refractivity (Wildman–Crippen MR) is 133 cm³/mol. The van der Waals surface area contributed by atoms with Gasteiger partial charge in [-0.1, -0.05) is 12.1 Å². The Kier molecular flexibility index (Phi) is 7.12. The topological polar surface area (TPSA) is 83.4 Å². The first kappa shape index (κ1) is 23.4. The minimum atomic E-state index is -0.609. The lowest BCUT2D eigenvalue weighted by molar-refractivity contribution is -0.118. The molecule has 7 nitrogen and oxygen atoms in total. The zero-order chi connectivity index (χ0) is 23.5. The van der Waals surface area contributed by atoms with Crippen LogP contribution in [0.1, 0.15) is 35.6 Å². The number of piperidine rings is 1. The predicted octanol–water partition coefficient (Wildman–Crippen LogP) is 3.35. The highest BCUT2D eigenvalue weighted by atomic mass is 32.2. The van der Waals surface area contributed by atoms with E-state index in [1.165, 1.54) is 0 Å². The van der Waals surface area contributed by atoms with Gasteiger partial charge in [0, 0.05) is 43.0 Å². The molecule has 0 saturated carbocycles. The van der Waals surface area contributed by atoms with E-state index in [9.17, 15) is 14.4 Å². The third-order valence-corrected chi connectivity index (χ3v) is 7.12. The van der Waals surface area contributed by atoms with Gasteiger partial charge in [-0.25, -0.2) is 4.79 Å². The number of rotatable bonds is 6. The van der Waals surface area contributed by atoms with Crippen molar-refractivity contribution in [2.75, 3.05) is 30.4 Å². The first-order valence-corrected chi connectivity index (χ1v) is 12.9. The second-order valence-corrected chi connectivity index (χ2v) is 10.2. The van der Waals surface area contributed by atoms with E-state index in [1.54, 1.807) is 23.9 Å². The maximum atomic E-state index is 13.2. The van der Waals surface area contributed by atoms with Crippen molar-refractivity contribution in [3.63, 3.8) is 0 Å². The molecule has 176 valence electrons. The van der Waals surface area contributed by atoms with E-state index in [0.29, 0.717) is 26.1 Å². The van der Waals surface area contributed by atoms with Crippen LogP contribution in [0, 0.1) is 19.8 Å². The lowest BCUT2D eigenvalue weighted by Gasteiger charge is -2.43. The van der Waals surface area contributed by atoms with E-state index in [0.717, 1.165) is 34.7 Å². The minimum absolute atomic E-state index is 0.0280. The van der Waals surface area contributed by atoms with Gasteiger partial charge in [-0.05, 0) is 73.9 Å². The van der Waals surface area contributed by atoms with E-state index >= 15 is 0 Å².